The van der Waals surface area contributed by atoms with Crippen molar-refractivity contribution in [3.8, 4) is 5.75 Å². The zero-order valence-corrected chi connectivity index (χ0v) is 16.5. The van der Waals surface area contributed by atoms with Crippen molar-refractivity contribution in [2.24, 2.45) is 0 Å². The highest BCUT2D eigenvalue weighted by atomic mass is 32.1. The maximum Gasteiger partial charge on any atom is 0.265 e. The Bertz CT molecular complexity index is 1030. The van der Waals surface area contributed by atoms with Crippen LogP contribution in [0, 0.1) is 5.82 Å². The minimum atomic E-state index is -0.636. The van der Waals surface area contributed by atoms with Crippen molar-refractivity contribution in [2.45, 2.75) is 26.1 Å². The number of halogens is 1. The van der Waals surface area contributed by atoms with Gasteiger partial charge in [-0.1, -0.05) is 18.2 Å². The lowest BCUT2D eigenvalue weighted by Gasteiger charge is -2.22. The molecule has 2 heterocycles. The molecule has 2 aromatic carbocycles. The Labute approximate surface area is 171 Å². The summed E-state index contributed by atoms with van der Waals surface area (Å²) in [6.07, 6.45) is -0.636. The third-order valence-corrected chi connectivity index (χ3v) is 5.54. The Morgan fingerprint density at radius 2 is 2.03 bits per heavy atom. The van der Waals surface area contributed by atoms with E-state index < -0.39 is 6.10 Å². The van der Waals surface area contributed by atoms with Crippen LogP contribution in [0.15, 0.2) is 60.0 Å². The van der Waals surface area contributed by atoms with Crippen LogP contribution in [0.4, 0.5) is 10.1 Å². The molecule has 0 saturated carbocycles. The predicted octanol–water partition coefficient (Wildman–Crippen LogP) is 4.45. The molecule has 1 aromatic heterocycles. The zero-order valence-electron chi connectivity index (χ0n) is 15.7. The van der Waals surface area contributed by atoms with Crippen molar-refractivity contribution in [3.63, 3.8) is 0 Å². The van der Waals surface area contributed by atoms with E-state index in [1.54, 1.807) is 42.2 Å². The van der Waals surface area contributed by atoms with Gasteiger partial charge in [-0.05, 0) is 54.3 Å². The van der Waals surface area contributed by atoms with E-state index in [1.807, 2.05) is 17.5 Å². The minimum absolute atomic E-state index is 0.144. The van der Waals surface area contributed by atoms with E-state index in [4.69, 9.17) is 4.74 Å². The number of thiophene rings is 1. The van der Waals surface area contributed by atoms with E-state index in [0.717, 1.165) is 11.1 Å². The quantitative estimate of drug-likeness (QED) is 0.691. The second kappa shape index (κ2) is 8.05. The van der Waals surface area contributed by atoms with Crippen LogP contribution in [0.1, 0.15) is 27.7 Å². The van der Waals surface area contributed by atoms with E-state index in [9.17, 15) is 14.0 Å². The van der Waals surface area contributed by atoms with Crippen molar-refractivity contribution >= 4 is 28.8 Å². The van der Waals surface area contributed by atoms with E-state index in [0.29, 0.717) is 29.4 Å². The number of anilines is 1. The molecule has 1 unspecified atom stereocenters. The number of nitrogens with zero attached hydrogens (tertiary/aromatic N) is 1. The van der Waals surface area contributed by atoms with Crippen LogP contribution in [0.3, 0.4) is 0 Å². The highest BCUT2D eigenvalue weighted by molar-refractivity contribution is 7.12. The molecule has 2 amide bonds. The number of hydrogen-bond donors (Lipinski definition) is 1. The van der Waals surface area contributed by atoms with Gasteiger partial charge in [0.15, 0.2) is 6.10 Å². The molecule has 0 bridgehead atoms. The van der Waals surface area contributed by atoms with Crippen LogP contribution < -0.4 is 10.1 Å². The van der Waals surface area contributed by atoms with Crippen molar-refractivity contribution < 1.29 is 18.7 Å². The second-order valence-electron chi connectivity index (χ2n) is 6.83. The first-order valence-electron chi connectivity index (χ1n) is 9.17. The average Bonchev–Trinajstić information content (AvgIpc) is 3.22. The van der Waals surface area contributed by atoms with Gasteiger partial charge in [0.25, 0.3) is 11.8 Å². The van der Waals surface area contributed by atoms with Crippen molar-refractivity contribution in [1.29, 1.82) is 0 Å². The average molecular weight is 410 g/mol. The number of fused-ring (bicyclic) bond motifs is 1. The first kappa shape index (κ1) is 19.1. The van der Waals surface area contributed by atoms with Gasteiger partial charge in [0.05, 0.1) is 4.88 Å². The number of amides is 2. The summed E-state index contributed by atoms with van der Waals surface area (Å²) in [7, 11) is 0. The van der Waals surface area contributed by atoms with Gasteiger partial charge in [0.2, 0.25) is 0 Å². The van der Waals surface area contributed by atoms with Crippen LogP contribution >= 0.6 is 11.3 Å². The Balaban J connectivity index is 1.57. The summed E-state index contributed by atoms with van der Waals surface area (Å²) in [4.78, 5) is 27.4. The summed E-state index contributed by atoms with van der Waals surface area (Å²) in [5.41, 5.74) is 2.26. The van der Waals surface area contributed by atoms with Gasteiger partial charge in [0, 0.05) is 24.3 Å². The number of hydrogen-bond acceptors (Lipinski definition) is 4. The number of benzene rings is 2. The molecule has 29 heavy (non-hydrogen) atoms. The molecule has 7 heteroatoms. The molecule has 4 rings (SSSR count). The molecule has 148 valence electrons. The summed E-state index contributed by atoms with van der Waals surface area (Å²) in [6, 6.07) is 15.0. The van der Waals surface area contributed by atoms with Crippen LogP contribution in [0.2, 0.25) is 0 Å². The lowest BCUT2D eigenvalue weighted by Crippen LogP contribution is -2.37. The molecule has 1 N–H and O–H groups in total. The molecular formula is C22H19FN2O3S. The fourth-order valence-electron chi connectivity index (χ4n) is 3.22. The van der Waals surface area contributed by atoms with Crippen molar-refractivity contribution in [1.82, 2.24) is 4.90 Å². The van der Waals surface area contributed by atoms with E-state index in [1.165, 1.54) is 23.5 Å². The monoisotopic (exact) mass is 410 g/mol. The molecular weight excluding hydrogens is 391 g/mol. The fourth-order valence-corrected chi connectivity index (χ4v) is 3.84. The summed E-state index contributed by atoms with van der Waals surface area (Å²) < 4.78 is 19.0. The fraction of sp³-hybridized carbons (Fsp3) is 0.182. The van der Waals surface area contributed by atoms with Crippen LogP contribution in [-0.2, 0) is 17.9 Å². The van der Waals surface area contributed by atoms with Crippen LogP contribution in [-0.4, -0.2) is 22.8 Å². The van der Waals surface area contributed by atoms with E-state index in [2.05, 4.69) is 5.32 Å². The lowest BCUT2D eigenvalue weighted by atomic mass is 10.1. The first-order valence-corrected chi connectivity index (χ1v) is 10.1. The normalized spacial score (nSPS) is 16.0. The Kier molecular flexibility index (Phi) is 5.31. The van der Waals surface area contributed by atoms with Gasteiger partial charge < -0.3 is 15.0 Å². The summed E-state index contributed by atoms with van der Waals surface area (Å²) in [5, 5.41) is 4.73. The summed E-state index contributed by atoms with van der Waals surface area (Å²) in [5.74, 6) is -0.0255. The smallest absolute Gasteiger partial charge is 0.265 e. The molecule has 5 nitrogen and oxygen atoms in total. The van der Waals surface area contributed by atoms with Crippen molar-refractivity contribution in [2.75, 3.05) is 5.32 Å². The predicted molar refractivity (Wildman–Crippen MR) is 109 cm³/mol. The standard InChI is InChI=1S/C22H19FN2O3S/c1-14-22(27)25(12-15-4-6-17(23)7-5-15)13-16-11-18(8-9-19(16)28-14)24-21(26)20-3-2-10-29-20/h2-11,14H,12-13H2,1H3,(H,24,26). The van der Waals surface area contributed by atoms with Gasteiger partial charge in [-0.2, -0.15) is 0 Å². The van der Waals surface area contributed by atoms with Crippen LogP contribution in [0.25, 0.3) is 0 Å². The third kappa shape index (κ3) is 4.30. The molecule has 1 atom stereocenters. The largest absolute Gasteiger partial charge is 0.481 e. The third-order valence-electron chi connectivity index (χ3n) is 4.67. The first-order chi connectivity index (χ1) is 14.0. The van der Waals surface area contributed by atoms with Gasteiger partial charge >= 0.3 is 0 Å². The molecule has 0 radical (unpaired) electrons. The summed E-state index contributed by atoms with van der Waals surface area (Å²) in [6.45, 7) is 2.39. The minimum Gasteiger partial charge on any atom is -0.481 e. The molecule has 1 aliphatic rings. The highest BCUT2D eigenvalue weighted by Gasteiger charge is 2.28. The number of ether oxygens (including phenoxy) is 1. The number of rotatable bonds is 4. The molecule has 0 aliphatic carbocycles. The Morgan fingerprint density at radius 3 is 2.76 bits per heavy atom. The van der Waals surface area contributed by atoms with Crippen LogP contribution in [0.5, 0.6) is 5.75 Å². The maximum absolute atomic E-state index is 13.2. The van der Waals surface area contributed by atoms with Gasteiger partial charge in [-0.15, -0.1) is 11.3 Å². The Morgan fingerprint density at radius 1 is 1.24 bits per heavy atom. The van der Waals surface area contributed by atoms with E-state index >= 15 is 0 Å². The number of carbonyl (C=O) groups is 2. The van der Waals surface area contributed by atoms with Gasteiger partial charge in [0.1, 0.15) is 11.6 Å². The molecule has 0 spiro atoms. The highest BCUT2D eigenvalue weighted by Crippen LogP contribution is 2.29. The molecule has 1 aliphatic heterocycles. The zero-order chi connectivity index (χ0) is 20.4. The second-order valence-corrected chi connectivity index (χ2v) is 7.78. The van der Waals surface area contributed by atoms with Gasteiger partial charge in [-0.3, -0.25) is 9.59 Å². The van der Waals surface area contributed by atoms with Crippen molar-refractivity contribution in [3.05, 3.63) is 81.8 Å². The number of carbonyl (C=O) groups excluding carboxylic acids is 2. The molecule has 0 fully saturated rings. The van der Waals surface area contributed by atoms with E-state index in [-0.39, 0.29) is 17.6 Å². The Hall–Kier alpha value is -3.19. The summed E-state index contributed by atoms with van der Waals surface area (Å²) >= 11 is 1.37. The molecule has 0 saturated heterocycles. The topological polar surface area (TPSA) is 58.6 Å². The van der Waals surface area contributed by atoms with Gasteiger partial charge in [-0.25, -0.2) is 4.39 Å². The molecule has 3 aromatic rings. The maximum atomic E-state index is 13.2. The number of nitrogens with one attached hydrogen (secondary N) is 1. The SMILES string of the molecule is CC1Oc2ccc(NC(=O)c3cccs3)cc2CN(Cc2ccc(F)cc2)C1=O. The lowest BCUT2D eigenvalue weighted by molar-refractivity contribution is -0.138.